The summed E-state index contributed by atoms with van der Waals surface area (Å²) in [5, 5.41) is 10.7. The van der Waals surface area contributed by atoms with Gasteiger partial charge in [0.1, 0.15) is 5.82 Å². The highest BCUT2D eigenvalue weighted by Crippen LogP contribution is 2.68. The molecule has 0 bridgehead atoms. The highest BCUT2D eigenvalue weighted by atomic mass is 19.1. The van der Waals surface area contributed by atoms with Crippen LogP contribution in [0.4, 0.5) is 4.39 Å². The van der Waals surface area contributed by atoms with Crippen LogP contribution in [-0.4, -0.2) is 16.5 Å². The van der Waals surface area contributed by atoms with E-state index in [1.165, 1.54) is 31.7 Å². The molecular formula is C27H35FO2. The van der Waals surface area contributed by atoms with Crippen molar-refractivity contribution in [2.45, 2.75) is 77.2 Å². The van der Waals surface area contributed by atoms with Gasteiger partial charge in [0.2, 0.25) is 0 Å². The molecule has 30 heavy (non-hydrogen) atoms. The maximum Gasteiger partial charge on any atom is 0.166 e. The van der Waals surface area contributed by atoms with Crippen molar-refractivity contribution in [2.24, 2.45) is 46.8 Å². The van der Waals surface area contributed by atoms with E-state index in [4.69, 9.17) is 0 Å². The fourth-order valence-electron chi connectivity index (χ4n) is 9.06. The van der Waals surface area contributed by atoms with Gasteiger partial charge in [-0.2, -0.15) is 0 Å². The average molecular weight is 411 g/mol. The summed E-state index contributed by atoms with van der Waals surface area (Å²) < 4.78 is 14.1. The van der Waals surface area contributed by atoms with Crippen molar-refractivity contribution in [2.75, 3.05) is 0 Å². The lowest BCUT2D eigenvalue weighted by Crippen LogP contribution is -2.50. The lowest BCUT2D eigenvalue weighted by molar-refractivity contribution is -0.0764. The Bertz CT molecular complexity index is 895. The first-order valence-corrected chi connectivity index (χ1v) is 12.3. The smallest absolute Gasteiger partial charge is 0.166 e. The Morgan fingerprint density at radius 1 is 0.967 bits per heavy atom. The predicted molar refractivity (Wildman–Crippen MR) is 115 cm³/mol. The Morgan fingerprint density at radius 2 is 1.67 bits per heavy atom. The molecule has 2 nitrogen and oxygen atoms in total. The van der Waals surface area contributed by atoms with Gasteiger partial charge in [-0.25, -0.2) is 4.39 Å². The van der Waals surface area contributed by atoms with Gasteiger partial charge in [-0.05, 0) is 117 Å². The van der Waals surface area contributed by atoms with Gasteiger partial charge < -0.3 is 5.11 Å². The highest BCUT2D eigenvalue weighted by Gasteiger charge is 2.65. The molecule has 0 heterocycles. The second-order valence-electron chi connectivity index (χ2n) is 11.8. The third kappa shape index (κ3) is 2.60. The van der Waals surface area contributed by atoms with Gasteiger partial charge in [0.15, 0.2) is 5.78 Å². The van der Waals surface area contributed by atoms with E-state index in [0.717, 1.165) is 55.8 Å². The molecule has 5 saturated carbocycles. The predicted octanol–water partition coefficient (Wildman–Crippen LogP) is 5.95. The average Bonchev–Trinajstić information content (AvgIpc) is 3.30. The van der Waals surface area contributed by atoms with Crippen LogP contribution in [0.1, 0.15) is 80.6 Å². The molecule has 0 aromatic heterocycles. The summed E-state index contributed by atoms with van der Waals surface area (Å²) in [7, 11) is 0. The first-order chi connectivity index (χ1) is 14.3. The molecule has 0 radical (unpaired) electrons. The summed E-state index contributed by atoms with van der Waals surface area (Å²) in [6.45, 7) is 4.13. The number of rotatable bonds is 2. The maximum atomic E-state index is 14.1. The summed E-state index contributed by atoms with van der Waals surface area (Å²) in [5.41, 5.74) is 0.942. The number of Topliss-reactive ketones (excluding diaryl/α,β-unsaturated/α-hetero) is 1. The second-order valence-corrected chi connectivity index (χ2v) is 11.8. The number of halogens is 1. The van der Waals surface area contributed by atoms with Crippen molar-refractivity contribution in [3.63, 3.8) is 0 Å². The van der Waals surface area contributed by atoms with Crippen molar-refractivity contribution in [3.05, 3.63) is 35.1 Å². The third-order valence-electron chi connectivity index (χ3n) is 10.7. The number of aliphatic hydroxyl groups is 1. The topological polar surface area (TPSA) is 37.3 Å². The number of carbonyl (C=O) groups is 1. The first-order valence-electron chi connectivity index (χ1n) is 12.3. The van der Waals surface area contributed by atoms with E-state index in [1.54, 1.807) is 13.0 Å². The van der Waals surface area contributed by atoms with Gasteiger partial charge >= 0.3 is 0 Å². The number of hydrogen-bond donors (Lipinski definition) is 1. The Labute approximate surface area is 179 Å². The number of hydrogen-bond acceptors (Lipinski definition) is 2. The van der Waals surface area contributed by atoms with Gasteiger partial charge in [0.25, 0.3) is 0 Å². The van der Waals surface area contributed by atoms with Gasteiger partial charge in [0, 0.05) is 11.5 Å². The quantitative estimate of drug-likeness (QED) is 0.612. The molecule has 0 amide bonds. The molecule has 3 heteroatoms. The number of ketones is 1. The lowest BCUT2D eigenvalue weighted by Gasteiger charge is -2.56. The number of fused-ring (bicyclic) bond motifs is 7. The molecule has 0 spiro atoms. The van der Waals surface area contributed by atoms with Crippen LogP contribution in [0.15, 0.2) is 18.2 Å². The molecule has 1 aromatic rings. The van der Waals surface area contributed by atoms with Gasteiger partial charge in [-0.3, -0.25) is 4.79 Å². The zero-order valence-electron chi connectivity index (χ0n) is 18.4. The highest BCUT2D eigenvalue weighted by molar-refractivity contribution is 5.98. The van der Waals surface area contributed by atoms with Crippen LogP contribution in [0.2, 0.25) is 0 Å². The van der Waals surface area contributed by atoms with Crippen LogP contribution >= 0.6 is 0 Å². The van der Waals surface area contributed by atoms with E-state index in [-0.39, 0.29) is 28.5 Å². The Balaban J connectivity index is 1.24. The van der Waals surface area contributed by atoms with Crippen LogP contribution in [0.25, 0.3) is 0 Å². The van der Waals surface area contributed by atoms with Crippen LogP contribution in [0, 0.1) is 59.6 Å². The molecule has 5 aliphatic carbocycles. The van der Waals surface area contributed by atoms with Crippen molar-refractivity contribution < 1.29 is 14.3 Å². The van der Waals surface area contributed by atoms with Gasteiger partial charge in [-0.1, -0.05) is 19.1 Å². The van der Waals surface area contributed by atoms with Gasteiger partial charge in [0.05, 0.1) is 5.60 Å². The maximum absolute atomic E-state index is 14.1. The van der Waals surface area contributed by atoms with Crippen LogP contribution in [0.3, 0.4) is 0 Å². The fraction of sp³-hybridized carbons (Fsp3) is 0.741. The minimum Gasteiger partial charge on any atom is -0.390 e. The molecule has 0 aliphatic heterocycles. The second kappa shape index (κ2) is 6.40. The first kappa shape index (κ1) is 19.5. The third-order valence-corrected chi connectivity index (χ3v) is 10.7. The lowest BCUT2D eigenvalue weighted by atomic mass is 9.49. The summed E-state index contributed by atoms with van der Waals surface area (Å²) in [5.74, 6) is 4.29. The normalized spacial score (nSPS) is 48.9. The summed E-state index contributed by atoms with van der Waals surface area (Å²) in [6, 6.07) is 5.04. The van der Waals surface area contributed by atoms with E-state index in [1.807, 2.05) is 6.07 Å². The molecule has 0 saturated heterocycles. The molecule has 6 rings (SSSR count). The standard InChI is InChI=1S/C27H35FO2/c1-15-3-4-16(13-24(15)28)25(29)22-8-7-21-19-5-6-20-18(10-12-27(30)14-23(20)27)17(19)9-11-26(21,22)2/h3-4,13,17-23,30H,5-12,14H2,1-2H3/t17-,18-,19-,20+,21+,22-,23?,26+,27+/m1/s1. The van der Waals surface area contributed by atoms with Crippen molar-refractivity contribution in [3.8, 4) is 0 Å². The van der Waals surface area contributed by atoms with Crippen molar-refractivity contribution >= 4 is 5.78 Å². The number of benzene rings is 1. The molecule has 1 unspecified atom stereocenters. The minimum absolute atomic E-state index is 0.0446. The molecule has 5 fully saturated rings. The van der Waals surface area contributed by atoms with Crippen molar-refractivity contribution in [1.29, 1.82) is 0 Å². The van der Waals surface area contributed by atoms with Crippen LogP contribution in [0.5, 0.6) is 0 Å². The van der Waals surface area contributed by atoms with Gasteiger partial charge in [-0.15, -0.1) is 0 Å². The Kier molecular flexibility index (Phi) is 4.15. The Morgan fingerprint density at radius 3 is 2.40 bits per heavy atom. The SMILES string of the molecule is Cc1ccc(C(=O)[C@H]2CC[C@H]3[C@@H]4CC[C@@H]5C6C[C@@]6(O)CC[C@@H]5[C@H]4CC[C@]23C)cc1F. The van der Waals surface area contributed by atoms with Crippen LogP contribution < -0.4 is 0 Å². The number of aryl methyl sites for hydroxylation is 1. The van der Waals surface area contributed by atoms with E-state index in [9.17, 15) is 14.3 Å². The molecule has 1 N–H and O–H groups in total. The monoisotopic (exact) mass is 410 g/mol. The van der Waals surface area contributed by atoms with E-state index in [2.05, 4.69) is 6.92 Å². The zero-order valence-corrected chi connectivity index (χ0v) is 18.4. The van der Waals surface area contributed by atoms with Crippen molar-refractivity contribution in [1.82, 2.24) is 0 Å². The largest absolute Gasteiger partial charge is 0.390 e. The fourth-order valence-corrected chi connectivity index (χ4v) is 9.06. The summed E-state index contributed by atoms with van der Waals surface area (Å²) in [6.07, 6.45) is 10.4. The van der Waals surface area contributed by atoms with E-state index < -0.39 is 0 Å². The van der Waals surface area contributed by atoms with E-state index >= 15 is 0 Å². The molecule has 5 aliphatic rings. The number of carbonyl (C=O) groups excluding carboxylic acids is 1. The summed E-state index contributed by atoms with van der Waals surface area (Å²) >= 11 is 0. The van der Waals surface area contributed by atoms with E-state index in [0.29, 0.717) is 23.0 Å². The Hall–Kier alpha value is -1.22. The zero-order chi connectivity index (χ0) is 20.8. The minimum atomic E-state index is -0.300. The molecule has 162 valence electrons. The van der Waals surface area contributed by atoms with Crippen LogP contribution in [-0.2, 0) is 0 Å². The summed E-state index contributed by atoms with van der Waals surface area (Å²) in [4.78, 5) is 13.4. The molecule has 9 atom stereocenters. The molecular weight excluding hydrogens is 375 g/mol. The molecule has 1 aromatic carbocycles.